The molecule has 21 heavy (non-hydrogen) atoms. The Labute approximate surface area is 126 Å². The molecular weight excluding hydrogens is 266 g/mol. The number of likely N-dealkylation sites (tertiary alicyclic amines) is 1. The summed E-state index contributed by atoms with van der Waals surface area (Å²) in [7, 11) is 1.37. The zero-order valence-electron chi connectivity index (χ0n) is 13.1. The summed E-state index contributed by atoms with van der Waals surface area (Å²) >= 11 is 0. The molecule has 4 heteroatoms. The lowest BCUT2D eigenvalue weighted by atomic mass is 9.77. The Balaban J connectivity index is 1.62. The molecule has 1 aromatic rings. The summed E-state index contributed by atoms with van der Waals surface area (Å²) in [6.07, 6.45) is 8.28. The highest BCUT2D eigenvalue weighted by atomic mass is 16.5. The minimum absolute atomic E-state index is 0.224. The number of hydrogen-bond donors (Lipinski definition) is 0. The van der Waals surface area contributed by atoms with Crippen LogP contribution in [0.25, 0.3) is 0 Å². The molecule has 0 N–H and O–H groups in total. The highest BCUT2D eigenvalue weighted by Crippen LogP contribution is 2.47. The highest BCUT2D eigenvalue weighted by Gasteiger charge is 2.38. The molecule has 2 fully saturated rings. The van der Waals surface area contributed by atoms with Crippen LogP contribution in [-0.4, -0.2) is 31.1 Å². The van der Waals surface area contributed by atoms with E-state index in [2.05, 4.69) is 11.8 Å². The van der Waals surface area contributed by atoms with Crippen molar-refractivity contribution in [3.05, 3.63) is 23.7 Å². The molecule has 1 saturated carbocycles. The Morgan fingerprint density at radius 1 is 1.24 bits per heavy atom. The second-order valence-corrected chi connectivity index (χ2v) is 6.61. The van der Waals surface area contributed by atoms with Gasteiger partial charge in [-0.1, -0.05) is 12.8 Å². The first-order chi connectivity index (χ1) is 10.1. The number of esters is 1. The van der Waals surface area contributed by atoms with Crippen LogP contribution in [0.15, 0.2) is 16.5 Å². The van der Waals surface area contributed by atoms with E-state index in [1.54, 1.807) is 6.07 Å². The quantitative estimate of drug-likeness (QED) is 0.795. The van der Waals surface area contributed by atoms with Crippen LogP contribution in [0.4, 0.5) is 0 Å². The predicted molar refractivity (Wildman–Crippen MR) is 80.2 cm³/mol. The van der Waals surface area contributed by atoms with E-state index in [0.29, 0.717) is 11.2 Å². The third kappa shape index (κ3) is 2.86. The van der Waals surface area contributed by atoms with E-state index in [1.807, 2.05) is 6.07 Å². The third-order valence-electron chi connectivity index (χ3n) is 5.50. The second kappa shape index (κ2) is 5.84. The third-order valence-corrected chi connectivity index (χ3v) is 5.50. The van der Waals surface area contributed by atoms with Crippen LogP contribution >= 0.6 is 0 Å². The van der Waals surface area contributed by atoms with Crippen molar-refractivity contribution in [2.24, 2.45) is 5.41 Å². The van der Waals surface area contributed by atoms with Gasteiger partial charge in [-0.2, -0.15) is 0 Å². The lowest BCUT2D eigenvalue weighted by Crippen LogP contribution is -2.40. The Kier molecular flexibility index (Phi) is 4.07. The van der Waals surface area contributed by atoms with E-state index in [9.17, 15) is 4.79 Å². The van der Waals surface area contributed by atoms with E-state index in [1.165, 1.54) is 45.6 Å². The van der Waals surface area contributed by atoms with Crippen LogP contribution in [0.2, 0.25) is 0 Å². The molecule has 2 aliphatic rings. The van der Waals surface area contributed by atoms with Gasteiger partial charge in [-0.05, 0) is 63.2 Å². The second-order valence-electron chi connectivity index (χ2n) is 6.61. The number of piperidine rings is 1. The molecule has 1 aromatic heterocycles. The lowest BCUT2D eigenvalue weighted by Gasteiger charge is -2.41. The first-order valence-corrected chi connectivity index (χ1v) is 8.06. The molecule has 116 valence electrons. The summed E-state index contributed by atoms with van der Waals surface area (Å²) < 4.78 is 10.3. The van der Waals surface area contributed by atoms with Gasteiger partial charge in [-0.15, -0.1) is 0 Å². The van der Waals surface area contributed by atoms with Crippen LogP contribution in [-0.2, 0) is 4.74 Å². The summed E-state index contributed by atoms with van der Waals surface area (Å²) in [5.74, 6) is 0.749. The molecule has 1 spiro atoms. The van der Waals surface area contributed by atoms with Crippen molar-refractivity contribution in [1.29, 1.82) is 0 Å². The van der Waals surface area contributed by atoms with E-state index in [-0.39, 0.29) is 6.04 Å². The van der Waals surface area contributed by atoms with Crippen LogP contribution in [0.3, 0.4) is 0 Å². The number of hydrogen-bond acceptors (Lipinski definition) is 4. The van der Waals surface area contributed by atoms with Crippen molar-refractivity contribution in [2.75, 3.05) is 20.2 Å². The van der Waals surface area contributed by atoms with Gasteiger partial charge in [0, 0.05) is 0 Å². The lowest BCUT2D eigenvalue weighted by molar-refractivity contribution is 0.0545. The van der Waals surface area contributed by atoms with Crippen LogP contribution in [0.1, 0.15) is 67.8 Å². The van der Waals surface area contributed by atoms with Crippen LogP contribution < -0.4 is 0 Å². The number of carbonyl (C=O) groups excluding carboxylic acids is 1. The fraction of sp³-hybridized carbons (Fsp3) is 0.706. The highest BCUT2D eigenvalue weighted by molar-refractivity contribution is 5.86. The molecule has 4 nitrogen and oxygen atoms in total. The molecule has 3 rings (SSSR count). The fourth-order valence-corrected chi connectivity index (χ4v) is 3.98. The molecule has 0 bridgehead atoms. The maximum atomic E-state index is 11.5. The predicted octanol–water partition coefficient (Wildman–Crippen LogP) is 3.78. The Morgan fingerprint density at radius 3 is 2.52 bits per heavy atom. The number of furan rings is 1. The van der Waals surface area contributed by atoms with Crippen molar-refractivity contribution in [3.8, 4) is 0 Å². The number of rotatable bonds is 3. The van der Waals surface area contributed by atoms with Crippen molar-refractivity contribution in [3.63, 3.8) is 0 Å². The molecule has 0 aromatic carbocycles. The van der Waals surface area contributed by atoms with Gasteiger partial charge in [0.05, 0.1) is 13.2 Å². The number of carbonyl (C=O) groups is 1. The van der Waals surface area contributed by atoms with Gasteiger partial charge in [-0.25, -0.2) is 4.79 Å². The average molecular weight is 291 g/mol. The molecule has 0 radical (unpaired) electrons. The number of methoxy groups -OCH3 is 1. The summed E-state index contributed by atoms with van der Waals surface area (Å²) in [6.45, 7) is 4.43. The Bertz CT molecular complexity index is 492. The smallest absolute Gasteiger partial charge is 0.373 e. The van der Waals surface area contributed by atoms with E-state index >= 15 is 0 Å². The minimum Gasteiger partial charge on any atom is -0.463 e. The molecule has 1 aliphatic carbocycles. The van der Waals surface area contributed by atoms with Crippen LogP contribution in [0.5, 0.6) is 0 Å². The van der Waals surface area contributed by atoms with Crippen molar-refractivity contribution < 1.29 is 13.9 Å². The minimum atomic E-state index is -0.406. The zero-order valence-corrected chi connectivity index (χ0v) is 13.1. The molecule has 1 atom stereocenters. The van der Waals surface area contributed by atoms with E-state index < -0.39 is 5.97 Å². The molecule has 1 aliphatic heterocycles. The SMILES string of the molecule is COC(=O)c1ccc(C(C)N2CCC3(CCCC3)CC2)o1. The van der Waals surface area contributed by atoms with Gasteiger partial charge in [-0.3, -0.25) is 4.90 Å². The summed E-state index contributed by atoms with van der Waals surface area (Å²) in [6, 6.07) is 3.83. The normalized spacial score (nSPS) is 23.3. The van der Waals surface area contributed by atoms with E-state index in [0.717, 1.165) is 18.8 Å². The molecular formula is C17H25NO3. The summed E-state index contributed by atoms with van der Waals surface area (Å²) in [4.78, 5) is 13.9. The maximum Gasteiger partial charge on any atom is 0.373 e. The topological polar surface area (TPSA) is 42.7 Å². The van der Waals surface area contributed by atoms with Gasteiger partial charge in [0.2, 0.25) is 5.76 Å². The number of ether oxygens (including phenoxy) is 1. The van der Waals surface area contributed by atoms with E-state index in [4.69, 9.17) is 9.15 Å². The molecule has 1 unspecified atom stereocenters. The summed E-state index contributed by atoms with van der Waals surface area (Å²) in [5, 5.41) is 0. The van der Waals surface area contributed by atoms with Gasteiger partial charge in [0.15, 0.2) is 0 Å². The largest absolute Gasteiger partial charge is 0.463 e. The molecule has 0 amide bonds. The Morgan fingerprint density at radius 2 is 1.90 bits per heavy atom. The van der Waals surface area contributed by atoms with Gasteiger partial charge in [0.1, 0.15) is 5.76 Å². The monoisotopic (exact) mass is 291 g/mol. The maximum absolute atomic E-state index is 11.5. The average Bonchev–Trinajstić information content (AvgIpc) is 3.16. The summed E-state index contributed by atoms with van der Waals surface area (Å²) in [5.41, 5.74) is 0.635. The van der Waals surface area contributed by atoms with Crippen molar-refractivity contribution in [1.82, 2.24) is 4.90 Å². The van der Waals surface area contributed by atoms with Gasteiger partial charge < -0.3 is 9.15 Å². The first kappa shape index (κ1) is 14.6. The van der Waals surface area contributed by atoms with Crippen molar-refractivity contribution >= 4 is 5.97 Å². The zero-order chi connectivity index (χ0) is 14.9. The Hall–Kier alpha value is -1.29. The first-order valence-electron chi connectivity index (χ1n) is 8.06. The van der Waals surface area contributed by atoms with Crippen LogP contribution in [0, 0.1) is 5.41 Å². The standard InChI is InChI=1S/C17H25NO3/c1-13(14-5-6-15(21-14)16(19)20-2)18-11-9-17(10-12-18)7-3-4-8-17/h5-6,13H,3-4,7-12H2,1-2H3. The molecule has 1 saturated heterocycles. The number of nitrogens with zero attached hydrogens (tertiary/aromatic N) is 1. The van der Waals surface area contributed by atoms with Crippen molar-refractivity contribution in [2.45, 2.75) is 51.5 Å². The van der Waals surface area contributed by atoms with Gasteiger partial charge in [0.25, 0.3) is 0 Å². The fourth-order valence-electron chi connectivity index (χ4n) is 3.98. The molecule has 2 heterocycles. The van der Waals surface area contributed by atoms with Gasteiger partial charge >= 0.3 is 5.97 Å².